The Labute approximate surface area is 150 Å². The van der Waals surface area contributed by atoms with Crippen molar-refractivity contribution in [3.05, 3.63) is 0 Å². The van der Waals surface area contributed by atoms with Gasteiger partial charge in [-0.05, 0) is 54.3 Å². The third-order valence-corrected chi connectivity index (χ3v) is 7.84. The molecule has 0 amide bonds. The highest BCUT2D eigenvalue weighted by atomic mass is 16.5. The molecular weight excluding hydrogens is 296 g/mol. The Bertz CT molecular complexity index is 502. The van der Waals surface area contributed by atoms with E-state index in [0.717, 1.165) is 12.8 Å². The maximum absolute atomic E-state index is 13.3. The van der Waals surface area contributed by atoms with E-state index in [-0.39, 0.29) is 28.3 Å². The fourth-order valence-corrected chi connectivity index (χ4v) is 5.30. The molecule has 2 bridgehead atoms. The van der Waals surface area contributed by atoms with Crippen molar-refractivity contribution in [2.75, 3.05) is 0 Å². The smallest absolute Gasteiger partial charge is 0.312 e. The van der Waals surface area contributed by atoms with Gasteiger partial charge in [0.15, 0.2) is 0 Å². The second kappa shape index (κ2) is 5.48. The predicted octanol–water partition coefficient (Wildman–Crippen LogP) is 6.23. The van der Waals surface area contributed by atoms with Crippen LogP contribution in [0, 0.1) is 33.0 Å². The van der Waals surface area contributed by atoms with E-state index in [1.807, 2.05) is 0 Å². The summed E-state index contributed by atoms with van der Waals surface area (Å²) < 4.78 is 6.24. The van der Waals surface area contributed by atoms with Gasteiger partial charge in [-0.2, -0.15) is 0 Å². The zero-order valence-corrected chi connectivity index (χ0v) is 17.8. The van der Waals surface area contributed by atoms with Crippen LogP contribution in [-0.4, -0.2) is 12.1 Å². The summed E-state index contributed by atoms with van der Waals surface area (Å²) in [5.74, 6) is 0.534. The molecule has 24 heavy (non-hydrogen) atoms. The van der Waals surface area contributed by atoms with Crippen LogP contribution in [0.2, 0.25) is 0 Å². The fraction of sp³-hybridized carbons (Fsp3) is 0.955. The molecule has 0 saturated heterocycles. The fourth-order valence-electron chi connectivity index (χ4n) is 5.30. The van der Waals surface area contributed by atoms with Gasteiger partial charge in [0.1, 0.15) is 6.10 Å². The molecule has 4 unspecified atom stereocenters. The molecule has 4 atom stereocenters. The predicted molar refractivity (Wildman–Crippen MR) is 101 cm³/mol. The monoisotopic (exact) mass is 336 g/mol. The molecule has 2 saturated carbocycles. The minimum atomic E-state index is -0.460. The van der Waals surface area contributed by atoms with Crippen molar-refractivity contribution >= 4 is 5.97 Å². The third kappa shape index (κ3) is 3.03. The highest BCUT2D eigenvalue weighted by Gasteiger charge is 2.62. The van der Waals surface area contributed by atoms with Gasteiger partial charge in [-0.3, -0.25) is 4.79 Å². The average Bonchev–Trinajstić information content (AvgIpc) is 2.66. The summed E-state index contributed by atoms with van der Waals surface area (Å²) in [5, 5.41) is 0. The van der Waals surface area contributed by atoms with E-state index in [1.165, 1.54) is 12.8 Å². The summed E-state index contributed by atoms with van der Waals surface area (Å²) in [6.07, 6.45) is 4.46. The average molecular weight is 337 g/mol. The number of rotatable bonds is 3. The minimum Gasteiger partial charge on any atom is -0.462 e. The zero-order chi connectivity index (χ0) is 18.8. The second-order valence-electron chi connectivity index (χ2n) is 11.9. The van der Waals surface area contributed by atoms with Crippen molar-refractivity contribution in [1.29, 1.82) is 0 Å². The Balaban J connectivity index is 2.21. The Morgan fingerprint density at radius 1 is 1.04 bits per heavy atom. The van der Waals surface area contributed by atoms with Crippen LogP contribution in [0.15, 0.2) is 0 Å². The summed E-state index contributed by atoms with van der Waals surface area (Å²) >= 11 is 0. The Kier molecular flexibility index (Phi) is 4.52. The van der Waals surface area contributed by atoms with Gasteiger partial charge in [0, 0.05) is 5.92 Å². The lowest BCUT2D eigenvalue weighted by molar-refractivity contribution is -0.173. The standard InChI is InChI=1S/C22H40O2/c1-18(2,3)14-22(10,19(4,5)6)17(23)24-16-13-21(9)12-11-15(16)20(21,7)8/h15-16H,11-14H2,1-10H3. The molecule has 2 fully saturated rings. The first kappa shape index (κ1) is 19.8. The van der Waals surface area contributed by atoms with Crippen molar-refractivity contribution in [3.8, 4) is 0 Å². The molecule has 0 aromatic carbocycles. The molecular formula is C22H40O2. The van der Waals surface area contributed by atoms with Gasteiger partial charge in [0.05, 0.1) is 5.41 Å². The number of hydrogen-bond acceptors (Lipinski definition) is 2. The van der Waals surface area contributed by atoms with Crippen LogP contribution in [0.3, 0.4) is 0 Å². The van der Waals surface area contributed by atoms with E-state index < -0.39 is 5.41 Å². The number of carbonyl (C=O) groups is 1. The van der Waals surface area contributed by atoms with Crippen molar-refractivity contribution in [2.45, 2.75) is 101 Å². The van der Waals surface area contributed by atoms with E-state index in [9.17, 15) is 4.79 Å². The third-order valence-electron chi connectivity index (χ3n) is 7.84. The number of ether oxygens (including phenoxy) is 1. The zero-order valence-electron chi connectivity index (χ0n) is 17.8. The highest BCUT2D eigenvalue weighted by Crippen LogP contribution is 2.66. The number of hydrogen-bond donors (Lipinski definition) is 0. The number of esters is 1. The van der Waals surface area contributed by atoms with Crippen LogP contribution in [0.1, 0.15) is 94.9 Å². The first-order valence-corrected chi connectivity index (χ1v) is 9.75. The lowest BCUT2D eigenvalue weighted by atomic mass is 9.61. The number of fused-ring (bicyclic) bond motifs is 2. The van der Waals surface area contributed by atoms with Crippen LogP contribution in [0.25, 0.3) is 0 Å². The van der Waals surface area contributed by atoms with Crippen LogP contribution >= 0.6 is 0 Å². The highest BCUT2D eigenvalue weighted by molar-refractivity contribution is 5.77. The molecule has 2 aliphatic rings. The summed E-state index contributed by atoms with van der Waals surface area (Å²) in [4.78, 5) is 13.3. The summed E-state index contributed by atoms with van der Waals surface area (Å²) in [6, 6.07) is 0. The van der Waals surface area contributed by atoms with Crippen LogP contribution in [0.4, 0.5) is 0 Å². The van der Waals surface area contributed by atoms with Gasteiger partial charge in [0.2, 0.25) is 0 Å². The lowest BCUT2D eigenvalue weighted by Crippen LogP contribution is -2.46. The van der Waals surface area contributed by atoms with Gasteiger partial charge < -0.3 is 4.74 Å². The first-order valence-electron chi connectivity index (χ1n) is 9.75. The molecule has 2 aliphatic carbocycles. The van der Waals surface area contributed by atoms with E-state index in [2.05, 4.69) is 69.2 Å². The maximum atomic E-state index is 13.3. The van der Waals surface area contributed by atoms with E-state index in [0.29, 0.717) is 11.3 Å². The summed E-state index contributed by atoms with van der Waals surface area (Å²) in [6.45, 7) is 22.4. The molecule has 140 valence electrons. The number of carbonyl (C=O) groups excluding carboxylic acids is 1. The molecule has 0 aromatic heterocycles. The maximum Gasteiger partial charge on any atom is 0.312 e. The SMILES string of the molecule is CC(C)(C)CC(C)(C(=O)OC1CC2(C)CCC1C2(C)C)C(C)(C)C. The van der Waals surface area contributed by atoms with Crippen LogP contribution < -0.4 is 0 Å². The van der Waals surface area contributed by atoms with Gasteiger partial charge in [-0.1, -0.05) is 62.3 Å². The topological polar surface area (TPSA) is 26.3 Å². The van der Waals surface area contributed by atoms with Gasteiger partial charge in [0.25, 0.3) is 0 Å². The van der Waals surface area contributed by atoms with Crippen molar-refractivity contribution < 1.29 is 9.53 Å². The van der Waals surface area contributed by atoms with Crippen molar-refractivity contribution in [3.63, 3.8) is 0 Å². The Morgan fingerprint density at radius 3 is 1.92 bits per heavy atom. The molecule has 0 aliphatic heterocycles. The van der Waals surface area contributed by atoms with Crippen molar-refractivity contribution in [2.24, 2.45) is 33.0 Å². The van der Waals surface area contributed by atoms with E-state index in [1.54, 1.807) is 0 Å². The molecule has 2 rings (SSSR count). The Morgan fingerprint density at radius 2 is 1.58 bits per heavy atom. The normalized spacial score (nSPS) is 34.9. The van der Waals surface area contributed by atoms with Gasteiger partial charge in [-0.25, -0.2) is 0 Å². The molecule has 2 heteroatoms. The minimum absolute atomic E-state index is 0.0156. The Hall–Kier alpha value is -0.530. The van der Waals surface area contributed by atoms with Crippen LogP contribution in [-0.2, 0) is 9.53 Å². The van der Waals surface area contributed by atoms with E-state index >= 15 is 0 Å². The molecule has 0 N–H and O–H groups in total. The molecule has 2 nitrogen and oxygen atoms in total. The quantitative estimate of drug-likeness (QED) is 0.571. The lowest BCUT2D eigenvalue weighted by Gasteiger charge is -2.44. The second-order valence-corrected chi connectivity index (χ2v) is 11.9. The molecule has 0 radical (unpaired) electrons. The van der Waals surface area contributed by atoms with Gasteiger partial charge >= 0.3 is 5.97 Å². The molecule has 0 heterocycles. The van der Waals surface area contributed by atoms with Crippen molar-refractivity contribution in [1.82, 2.24) is 0 Å². The first-order chi connectivity index (χ1) is 10.5. The summed E-state index contributed by atoms with van der Waals surface area (Å²) in [5.41, 5.74) is 0.123. The largest absolute Gasteiger partial charge is 0.462 e. The molecule has 0 spiro atoms. The van der Waals surface area contributed by atoms with Crippen LogP contribution in [0.5, 0.6) is 0 Å². The van der Waals surface area contributed by atoms with E-state index in [4.69, 9.17) is 4.74 Å². The summed E-state index contributed by atoms with van der Waals surface area (Å²) in [7, 11) is 0. The van der Waals surface area contributed by atoms with Gasteiger partial charge in [-0.15, -0.1) is 0 Å². The molecule has 0 aromatic rings.